The van der Waals surface area contributed by atoms with Crippen LogP contribution in [0.15, 0.2) is 36.4 Å². The van der Waals surface area contributed by atoms with Gasteiger partial charge in [-0.25, -0.2) is 0 Å². The van der Waals surface area contributed by atoms with E-state index in [4.69, 9.17) is 0 Å². The fourth-order valence-electron chi connectivity index (χ4n) is 2.35. The highest BCUT2D eigenvalue weighted by Gasteiger charge is 2.09. The molecule has 0 radical (unpaired) electrons. The number of benzene rings is 2. The van der Waals surface area contributed by atoms with Crippen molar-refractivity contribution in [2.24, 2.45) is 0 Å². The van der Waals surface area contributed by atoms with Gasteiger partial charge in [0.1, 0.15) is 11.0 Å². The summed E-state index contributed by atoms with van der Waals surface area (Å²) in [6, 6.07) is 12.1. The lowest BCUT2D eigenvalue weighted by atomic mass is 10.0. The Hall–Kier alpha value is -2.76. The molecule has 0 saturated heterocycles. The first kappa shape index (κ1) is 10.2. The van der Waals surface area contributed by atoms with Gasteiger partial charge in [-0.15, -0.1) is 10.2 Å². The van der Waals surface area contributed by atoms with Gasteiger partial charge in [0, 0.05) is 6.42 Å². The maximum Gasteiger partial charge on any atom is 0.116 e. The minimum atomic E-state index is 0.758. The molecule has 0 fully saturated rings. The molecule has 6 nitrogen and oxygen atoms in total. The topological polar surface area (TPSA) is 83.1 Å². The van der Waals surface area contributed by atoms with E-state index in [0.717, 1.165) is 39.6 Å². The van der Waals surface area contributed by atoms with E-state index in [-0.39, 0.29) is 0 Å². The van der Waals surface area contributed by atoms with Gasteiger partial charge in [-0.2, -0.15) is 0 Å². The van der Waals surface area contributed by atoms with E-state index in [1.54, 1.807) is 0 Å². The number of hydrogen-bond donors (Lipinski definition) is 2. The lowest BCUT2D eigenvalue weighted by Gasteiger charge is -2.02. The van der Waals surface area contributed by atoms with Crippen molar-refractivity contribution in [2.45, 2.75) is 6.42 Å². The fraction of sp³-hybridized carbons (Fsp3) is 0.0769. The van der Waals surface area contributed by atoms with E-state index in [1.807, 2.05) is 24.3 Å². The molecule has 4 rings (SSSR count). The predicted molar refractivity (Wildman–Crippen MR) is 70.6 cm³/mol. The van der Waals surface area contributed by atoms with E-state index >= 15 is 0 Å². The molecule has 0 atom stereocenters. The molecule has 4 aromatic rings. The van der Waals surface area contributed by atoms with Crippen molar-refractivity contribution in [3.05, 3.63) is 47.5 Å². The van der Waals surface area contributed by atoms with Crippen LogP contribution in [0, 0.1) is 0 Å². The maximum absolute atomic E-state index is 4.13. The molecular weight excluding hydrogens is 240 g/mol. The molecule has 6 heteroatoms. The van der Waals surface area contributed by atoms with Crippen LogP contribution >= 0.6 is 0 Å². The quantitative estimate of drug-likeness (QED) is 0.568. The molecule has 2 heterocycles. The zero-order chi connectivity index (χ0) is 12.7. The van der Waals surface area contributed by atoms with E-state index in [2.05, 4.69) is 43.0 Å². The second kappa shape index (κ2) is 3.88. The Morgan fingerprint density at radius 3 is 1.79 bits per heavy atom. The molecule has 0 saturated carbocycles. The Balaban J connectivity index is 1.86. The van der Waals surface area contributed by atoms with Crippen molar-refractivity contribution in [3.8, 4) is 0 Å². The van der Waals surface area contributed by atoms with Gasteiger partial charge in [-0.05, 0) is 23.3 Å². The SMILES string of the molecule is c1cc(Cc2cccc3[nH]nnc23)c2nn[nH]c2c1. The molecule has 0 unspecified atom stereocenters. The van der Waals surface area contributed by atoms with Crippen LogP contribution in [0.4, 0.5) is 0 Å². The summed E-state index contributed by atoms with van der Waals surface area (Å²) in [7, 11) is 0. The average molecular weight is 250 g/mol. The van der Waals surface area contributed by atoms with Crippen molar-refractivity contribution < 1.29 is 0 Å². The first-order valence-electron chi connectivity index (χ1n) is 5.99. The van der Waals surface area contributed by atoms with Gasteiger partial charge in [-0.1, -0.05) is 34.7 Å². The van der Waals surface area contributed by atoms with Crippen molar-refractivity contribution in [1.29, 1.82) is 0 Å². The van der Waals surface area contributed by atoms with E-state index in [0.29, 0.717) is 0 Å². The second-order valence-corrected chi connectivity index (χ2v) is 4.43. The molecule has 2 aromatic carbocycles. The van der Waals surface area contributed by atoms with Gasteiger partial charge in [0.25, 0.3) is 0 Å². The van der Waals surface area contributed by atoms with Crippen LogP contribution in [-0.2, 0) is 6.42 Å². The molecule has 0 amide bonds. The fourth-order valence-corrected chi connectivity index (χ4v) is 2.35. The predicted octanol–water partition coefficient (Wildman–Crippen LogP) is 1.82. The highest BCUT2D eigenvalue weighted by molar-refractivity contribution is 5.81. The number of nitrogens with zero attached hydrogens (tertiary/aromatic N) is 4. The summed E-state index contributed by atoms with van der Waals surface area (Å²) in [6.07, 6.45) is 0.758. The summed E-state index contributed by atoms with van der Waals surface area (Å²) in [6.45, 7) is 0. The normalized spacial score (nSPS) is 11.4. The number of aromatic nitrogens is 6. The van der Waals surface area contributed by atoms with Crippen LogP contribution in [0.3, 0.4) is 0 Å². The summed E-state index contributed by atoms with van der Waals surface area (Å²) in [5, 5.41) is 21.7. The molecule has 2 N–H and O–H groups in total. The number of hydrogen-bond acceptors (Lipinski definition) is 4. The Bertz CT molecular complexity index is 787. The second-order valence-electron chi connectivity index (χ2n) is 4.43. The van der Waals surface area contributed by atoms with E-state index in [9.17, 15) is 0 Å². The first-order valence-corrected chi connectivity index (χ1v) is 5.99. The highest BCUT2D eigenvalue weighted by Crippen LogP contribution is 2.21. The average Bonchev–Trinajstić information content (AvgIpc) is 3.08. The standard InChI is InChI=1S/C13H10N6/c1-3-8(12-10(5-1)14-18-16-12)7-9-4-2-6-11-13(9)17-19-15-11/h1-6H,7H2,(H,14,16,18)(H,15,17,19). The lowest BCUT2D eigenvalue weighted by molar-refractivity contribution is 0.954. The summed E-state index contributed by atoms with van der Waals surface area (Å²) < 4.78 is 0. The van der Waals surface area contributed by atoms with Gasteiger partial charge in [-0.3, -0.25) is 10.2 Å². The monoisotopic (exact) mass is 250 g/mol. The number of rotatable bonds is 2. The van der Waals surface area contributed by atoms with Crippen LogP contribution in [-0.4, -0.2) is 30.8 Å². The third-order valence-corrected chi connectivity index (χ3v) is 3.26. The molecule has 0 aliphatic carbocycles. The Kier molecular flexibility index (Phi) is 2.08. The zero-order valence-corrected chi connectivity index (χ0v) is 9.96. The molecule has 0 bridgehead atoms. The molecular formula is C13H10N6. The molecule has 0 spiro atoms. The minimum absolute atomic E-state index is 0.758. The van der Waals surface area contributed by atoms with Crippen LogP contribution in [0.25, 0.3) is 22.1 Å². The summed E-state index contributed by atoms with van der Waals surface area (Å²) in [5.74, 6) is 0. The smallest absolute Gasteiger partial charge is 0.116 e. The summed E-state index contributed by atoms with van der Waals surface area (Å²) in [4.78, 5) is 0. The first-order chi connectivity index (χ1) is 9.42. The van der Waals surface area contributed by atoms with Crippen LogP contribution in [0.1, 0.15) is 11.1 Å². The van der Waals surface area contributed by atoms with Crippen LogP contribution < -0.4 is 0 Å². The molecule has 0 aliphatic rings. The van der Waals surface area contributed by atoms with Crippen molar-refractivity contribution in [1.82, 2.24) is 30.8 Å². The maximum atomic E-state index is 4.13. The number of aromatic amines is 2. The third-order valence-electron chi connectivity index (χ3n) is 3.26. The third kappa shape index (κ3) is 1.57. The Morgan fingerprint density at radius 2 is 1.26 bits per heavy atom. The lowest BCUT2D eigenvalue weighted by Crippen LogP contribution is -1.91. The van der Waals surface area contributed by atoms with Crippen molar-refractivity contribution >= 4 is 22.1 Å². The largest absolute Gasteiger partial charge is 0.258 e. The van der Waals surface area contributed by atoms with E-state index < -0.39 is 0 Å². The Labute approximate surface area is 107 Å². The van der Waals surface area contributed by atoms with Crippen molar-refractivity contribution in [2.75, 3.05) is 0 Å². The highest BCUT2D eigenvalue weighted by atomic mass is 15.3. The summed E-state index contributed by atoms with van der Waals surface area (Å²) >= 11 is 0. The molecule has 19 heavy (non-hydrogen) atoms. The minimum Gasteiger partial charge on any atom is -0.258 e. The van der Waals surface area contributed by atoms with Gasteiger partial charge in [0.2, 0.25) is 0 Å². The molecule has 92 valence electrons. The van der Waals surface area contributed by atoms with Gasteiger partial charge < -0.3 is 0 Å². The van der Waals surface area contributed by atoms with E-state index in [1.165, 1.54) is 0 Å². The van der Waals surface area contributed by atoms with Crippen molar-refractivity contribution in [3.63, 3.8) is 0 Å². The van der Waals surface area contributed by atoms with Gasteiger partial charge in [0.15, 0.2) is 0 Å². The zero-order valence-electron chi connectivity index (χ0n) is 9.96. The number of nitrogens with one attached hydrogen (secondary N) is 2. The van der Waals surface area contributed by atoms with Gasteiger partial charge >= 0.3 is 0 Å². The molecule has 0 aliphatic heterocycles. The molecule has 2 aromatic heterocycles. The summed E-state index contributed by atoms with van der Waals surface area (Å²) in [5.41, 5.74) is 5.96. The van der Waals surface area contributed by atoms with Gasteiger partial charge in [0.05, 0.1) is 11.0 Å². The Morgan fingerprint density at radius 1 is 0.737 bits per heavy atom. The number of fused-ring (bicyclic) bond motifs is 2. The van der Waals surface area contributed by atoms with Crippen LogP contribution in [0.2, 0.25) is 0 Å². The van der Waals surface area contributed by atoms with Crippen LogP contribution in [0.5, 0.6) is 0 Å². The number of H-pyrrole nitrogens is 2.